The third kappa shape index (κ3) is 3.21. The second kappa shape index (κ2) is 5.51. The molecule has 0 saturated carbocycles. The van der Waals surface area contributed by atoms with E-state index in [2.05, 4.69) is 15.9 Å². The number of benzene rings is 1. The van der Waals surface area contributed by atoms with Gasteiger partial charge < -0.3 is 5.11 Å². The zero-order chi connectivity index (χ0) is 11.4. The molecule has 0 amide bonds. The van der Waals surface area contributed by atoms with E-state index in [1.54, 1.807) is 0 Å². The van der Waals surface area contributed by atoms with E-state index in [4.69, 9.17) is 5.11 Å². The van der Waals surface area contributed by atoms with Gasteiger partial charge in [0, 0.05) is 17.0 Å². The van der Waals surface area contributed by atoms with Crippen molar-refractivity contribution in [3.05, 3.63) is 34.1 Å². The molecule has 0 saturated heterocycles. The van der Waals surface area contributed by atoms with Crippen LogP contribution in [-0.4, -0.2) is 18.1 Å². The fourth-order valence-electron chi connectivity index (χ4n) is 1.36. The molecule has 5 heteroatoms. The van der Waals surface area contributed by atoms with E-state index in [1.165, 1.54) is 12.1 Å². The zero-order valence-corrected chi connectivity index (χ0v) is 9.35. The lowest BCUT2D eigenvalue weighted by atomic mass is 9.96. The van der Waals surface area contributed by atoms with Gasteiger partial charge in [-0.1, -0.05) is 15.9 Å². The summed E-state index contributed by atoms with van der Waals surface area (Å²) in [6.07, 6.45) is -2.83. The Bertz CT molecular complexity index is 330. The van der Waals surface area contributed by atoms with Crippen molar-refractivity contribution in [3.8, 4) is 0 Å². The van der Waals surface area contributed by atoms with Gasteiger partial charge in [-0.05, 0) is 30.2 Å². The van der Waals surface area contributed by atoms with Gasteiger partial charge in [0.05, 0.1) is 0 Å². The van der Waals surface area contributed by atoms with Crippen LogP contribution in [0.15, 0.2) is 22.7 Å². The summed E-state index contributed by atoms with van der Waals surface area (Å²) >= 11 is 3.09. The molecule has 1 atom stereocenters. The van der Waals surface area contributed by atoms with Crippen molar-refractivity contribution in [1.82, 2.24) is 0 Å². The van der Waals surface area contributed by atoms with Crippen LogP contribution in [0.1, 0.15) is 17.9 Å². The number of halogens is 4. The van der Waals surface area contributed by atoms with E-state index in [9.17, 15) is 13.2 Å². The second-order valence-electron chi connectivity index (χ2n) is 3.12. The molecule has 15 heavy (non-hydrogen) atoms. The van der Waals surface area contributed by atoms with Gasteiger partial charge >= 0.3 is 0 Å². The Kier molecular flexibility index (Phi) is 4.60. The van der Waals surface area contributed by atoms with Crippen LogP contribution in [0.3, 0.4) is 0 Å². The molecule has 1 aromatic carbocycles. The lowest BCUT2D eigenvalue weighted by Gasteiger charge is -2.16. The molecule has 1 aromatic rings. The molecule has 0 aliphatic rings. The normalized spacial score (nSPS) is 13.2. The summed E-state index contributed by atoms with van der Waals surface area (Å²) in [6, 6.07) is 3.90. The monoisotopic (exact) mass is 282 g/mol. The summed E-state index contributed by atoms with van der Waals surface area (Å²) in [5.74, 6) is -1.93. The first-order valence-corrected chi connectivity index (χ1v) is 5.19. The maximum absolute atomic E-state index is 13.3. The Labute approximate surface area is 94.0 Å². The van der Waals surface area contributed by atoms with Crippen molar-refractivity contribution >= 4 is 15.9 Å². The first-order valence-electron chi connectivity index (χ1n) is 4.40. The van der Waals surface area contributed by atoms with Gasteiger partial charge in [0.25, 0.3) is 0 Å². The predicted molar refractivity (Wildman–Crippen MR) is 54.5 cm³/mol. The van der Waals surface area contributed by atoms with Gasteiger partial charge in [0.15, 0.2) is 0 Å². The number of hydrogen-bond acceptors (Lipinski definition) is 1. The molecule has 84 valence electrons. The number of aliphatic hydroxyl groups is 1. The van der Waals surface area contributed by atoms with Crippen molar-refractivity contribution in [2.24, 2.45) is 0 Å². The molecule has 1 rings (SSSR count). The number of aliphatic hydroxyl groups excluding tert-OH is 1. The lowest BCUT2D eigenvalue weighted by Crippen LogP contribution is -2.12. The van der Waals surface area contributed by atoms with Crippen LogP contribution in [0, 0.1) is 5.82 Å². The second-order valence-corrected chi connectivity index (χ2v) is 4.03. The van der Waals surface area contributed by atoms with Crippen molar-refractivity contribution < 1.29 is 18.3 Å². The molecule has 0 aliphatic carbocycles. The summed E-state index contributed by atoms with van der Waals surface area (Å²) in [7, 11) is 0. The van der Waals surface area contributed by atoms with Gasteiger partial charge in [-0.2, -0.15) is 0 Å². The van der Waals surface area contributed by atoms with Crippen molar-refractivity contribution in [3.63, 3.8) is 0 Å². The highest BCUT2D eigenvalue weighted by atomic mass is 79.9. The fraction of sp³-hybridized carbons (Fsp3) is 0.400. The third-order valence-corrected chi connectivity index (χ3v) is 2.60. The van der Waals surface area contributed by atoms with Crippen molar-refractivity contribution in [2.45, 2.75) is 18.8 Å². The number of hydrogen-bond donors (Lipinski definition) is 1. The molecule has 0 bridgehead atoms. The Morgan fingerprint density at radius 1 is 1.33 bits per heavy atom. The first-order chi connectivity index (χ1) is 7.06. The highest BCUT2D eigenvalue weighted by Gasteiger charge is 2.24. The van der Waals surface area contributed by atoms with Gasteiger partial charge in [-0.3, -0.25) is 0 Å². The van der Waals surface area contributed by atoms with E-state index in [0.29, 0.717) is 4.47 Å². The van der Waals surface area contributed by atoms with E-state index < -0.39 is 18.2 Å². The van der Waals surface area contributed by atoms with Crippen LogP contribution < -0.4 is 0 Å². The van der Waals surface area contributed by atoms with Crippen LogP contribution in [0.2, 0.25) is 0 Å². The van der Waals surface area contributed by atoms with Gasteiger partial charge in [-0.15, -0.1) is 0 Å². The van der Waals surface area contributed by atoms with Crippen LogP contribution in [0.25, 0.3) is 0 Å². The zero-order valence-electron chi connectivity index (χ0n) is 7.76. The van der Waals surface area contributed by atoms with Crippen LogP contribution in [0.5, 0.6) is 0 Å². The average molecular weight is 283 g/mol. The number of alkyl halides is 2. The average Bonchev–Trinajstić information content (AvgIpc) is 2.18. The fourth-order valence-corrected chi connectivity index (χ4v) is 1.73. The predicted octanol–water partition coefficient (Wildman–Crippen LogP) is 3.32. The highest BCUT2D eigenvalue weighted by molar-refractivity contribution is 9.10. The van der Waals surface area contributed by atoms with Gasteiger partial charge in [0.2, 0.25) is 6.43 Å². The van der Waals surface area contributed by atoms with Crippen molar-refractivity contribution in [1.29, 1.82) is 0 Å². The Morgan fingerprint density at radius 2 is 2.00 bits per heavy atom. The molecular weight excluding hydrogens is 273 g/mol. The minimum Gasteiger partial charge on any atom is -0.396 e. The maximum Gasteiger partial charge on any atom is 0.245 e. The maximum atomic E-state index is 13.3. The minimum atomic E-state index is -2.68. The number of rotatable bonds is 4. The first kappa shape index (κ1) is 12.5. The van der Waals surface area contributed by atoms with Crippen LogP contribution in [0.4, 0.5) is 13.2 Å². The van der Waals surface area contributed by atoms with Crippen LogP contribution in [-0.2, 0) is 0 Å². The molecule has 0 aliphatic heterocycles. The summed E-state index contributed by atoms with van der Waals surface area (Å²) in [6.45, 7) is -0.388. The van der Waals surface area contributed by atoms with E-state index in [-0.39, 0.29) is 18.6 Å². The third-order valence-electron chi connectivity index (χ3n) is 2.10. The Balaban J connectivity index is 3.04. The molecule has 0 spiro atoms. The Morgan fingerprint density at radius 3 is 2.53 bits per heavy atom. The summed E-state index contributed by atoms with van der Waals surface area (Å²) in [4.78, 5) is 0. The van der Waals surface area contributed by atoms with E-state index in [1.807, 2.05) is 0 Å². The largest absolute Gasteiger partial charge is 0.396 e. The van der Waals surface area contributed by atoms with Crippen molar-refractivity contribution in [2.75, 3.05) is 6.61 Å². The molecule has 0 fully saturated rings. The highest BCUT2D eigenvalue weighted by Crippen LogP contribution is 2.30. The summed E-state index contributed by atoms with van der Waals surface area (Å²) in [5.41, 5.74) is -0.0616. The van der Waals surface area contributed by atoms with Gasteiger partial charge in [0.1, 0.15) is 5.82 Å². The Hall–Kier alpha value is -0.550. The standard InChI is InChI=1S/C10H10BrF3O/c11-6-1-2-9(12)8(5-6)7(3-4-15)10(13)14/h1-2,5,7,10,15H,3-4H2. The molecule has 0 aromatic heterocycles. The molecule has 1 unspecified atom stereocenters. The lowest BCUT2D eigenvalue weighted by molar-refractivity contribution is 0.0972. The van der Waals surface area contributed by atoms with Gasteiger partial charge in [-0.25, -0.2) is 13.2 Å². The molecule has 0 heterocycles. The molecular formula is C10H10BrF3O. The molecule has 1 nitrogen and oxygen atoms in total. The van der Waals surface area contributed by atoms with Crippen LogP contribution >= 0.6 is 15.9 Å². The topological polar surface area (TPSA) is 20.2 Å². The smallest absolute Gasteiger partial charge is 0.245 e. The van der Waals surface area contributed by atoms with E-state index >= 15 is 0 Å². The molecule has 0 radical (unpaired) electrons. The molecule has 1 N–H and O–H groups in total. The minimum absolute atomic E-state index is 0.0616. The SMILES string of the molecule is OCCC(c1cc(Br)ccc1F)C(F)F. The quantitative estimate of drug-likeness (QED) is 0.898. The summed E-state index contributed by atoms with van der Waals surface area (Å²) < 4.78 is 39.0. The van der Waals surface area contributed by atoms with E-state index in [0.717, 1.165) is 6.07 Å². The summed E-state index contributed by atoms with van der Waals surface area (Å²) in [5, 5.41) is 8.64.